The summed E-state index contributed by atoms with van der Waals surface area (Å²) in [5, 5.41) is 8.55. The van der Waals surface area contributed by atoms with E-state index in [4.69, 9.17) is 5.11 Å². The molecule has 1 radical (unpaired) electrons. The van der Waals surface area contributed by atoms with Gasteiger partial charge < -0.3 is 5.11 Å². The molecule has 2 aliphatic heterocycles. The topological polar surface area (TPSA) is 40.5 Å². The first-order chi connectivity index (χ1) is 5.25. The first-order valence-corrected chi connectivity index (χ1v) is 4.06. The minimum atomic E-state index is -0.705. The number of hydrogen-bond acceptors (Lipinski definition) is 2. The predicted octanol–water partition coefficient (Wildman–Crippen LogP) is 0.369. The summed E-state index contributed by atoms with van der Waals surface area (Å²) in [5.74, 6) is 0.0915. The average Bonchev–Trinajstić information content (AvgIpc) is 1.83. The molecule has 2 saturated heterocycles. The van der Waals surface area contributed by atoms with Crippen molar-refractivity contribution in [3.63, 3.8) is 0 Å². The Morgan fingerprint density at radius 3 is 2.91 bits per heavy atom. The molecule has 1 saturated carbocycles. The van der Waals surface area contributed by atoms with Crippen LogP contribution < -0.4 is 0 Å². The van der Waals surface area contributed by atoms with Crippen LogP contribution in [-0.4, -0.2) is 35.1 Å². The molecule has 2 heterocycles. The van der Waals surface area contributed by atoms with E-state index in [1.807, 2.05) is 4.90 Å². The van der Waals surface area contributed by atoms with E-state index in [1.165, 1.54) is 6.42 Å². The molecule has 3 rings (SSSR count). The highest BCUT2D eigenvalue weighted by Crippen LogP contribution is 2.37. The van der Waals surface area contributed by atoms with Gasteiger partial charge in [-0.05, 0) is 31.7 Å². The molecule has 0 aromatic heterocycles. The predicted molar refractivity (Wildman–Crippen MR) is 40.0 cm³/mol. The van der Waals surface area contributed by atoms with Gasteiger partial charge in [-0.3, -0.25) is 9.69 Å². The molecule has 3 heteroatoms. The van der Waals surface area contributed by atoms with Gasteiger partial charge in [-0.15, -0.1) is 0 Å². The van der Waals surface area contributed by atoms with Gasteiger partial charge in [0, 0.05) is 6.04 Å². The molecule has 0 aromatic rings. The summed E-state index contributed by atoms with van der Waals surface area (Å²) in [5.41, 5.74) is 0. The lowest BCUT2D eigenvalue weighted by Gasteiger charge is -2.48. The van der Waals surface area contributed by atoms with E-state index >= 15 is 0 Å². The third-order valence-electron chi connectivity index (χ3n) is 2.63. The van der Waals surface area contributed by atoms with Crippen molar-refractivity contribution in [2.24, 2.45) is 5.92 Å². The molecule has 3 aliphatic rings. The number of nitrogens with zero attached hydrogens (tertiary/aromatic N) is 1. The van der Waals surface area contributed by atoms with Crippen molar-refractivity contribution in [2.75, 3.05) is 13.1 Å². The molecule has 2 bridgehead atoms. The van der Waals surface area contributed by atoms with Crippen LogP contribution in [0.1, 0.15) is 12.8 Å². The number of carbonyl (C=O) groups is 1. The van der Waals surface area contributed by atoms with Crippen molar-refractivity contribution in [2.45, 2.75) is 18.9 Å². The minimum Gasteiger partial charge on any atom is -0.480 e. The highest BCUT2D eigenvalue weighted by Gasteiger charge is 2.39. The Labute approximate surface area is 66.0 Å². The van der Waals surface area contributed by atoms with E-state index < -0.39 is 5.97 Å². The van der Waals surface area contributed by atoms with Gasteiger partial charge in [0.15, 0.2) is 0 Å². The minimum absolute atomic E-state index is 0.216. The Morgan fingerprint density at radius 1 is 1.73 bits per heavy atom. The van der Waals surface area contributed by atoms with Gasteiger partial charge in [0.1, 0.15) is 0 Å². The van der Waals surface area contributed by atoms with Crippen molar-refractivity contribution in [3.8, 4) is 0 Å². The number of piperidine rings is 2. The van der Waals surface area contributed by atoms with Gasteiger partial charge in [-0.1, -0.05) is 0 Å². The van der Waals surface area contributed by atoms with E-state index in [9.17, 15) is 4.79 Å². The standard InChI is InChI=1S/C8H12NO2/c10-8(11)5-9-2-1-6-3-7(9)4-6/h3,6-7H,1-2,4-5H2,(H,10,11). The summed E-state index contributed by atoms with van der Waals surface area (Å²) in [7, 11) is 0. The molecule has 1 N–H and O–H groups in total. The Bertz CT molecular complexity index is 172. The average molecular weight is 154 g/mol. The number of carboxylic acids is 1. The van der Waals surface area contributed by atoms with E-state index in [1.54, 1.807) is 0 Å². The molecule has 0 spiro atoms. The summed E-state index contributed by atoms with van der Waals surface area (Å²) < 4.78 is 0. The molecule has 0 amide bonds. The summed E-state index contributed by atoms with van der Waals surface area (Å²) in [6.07, 6.45) is 4.61. The van der Waals surface area contributed by atoms with Gasteiger partial charge in [0.25, 0.3) is 0 Å². The number of hydrogen-bond donors (Lipinski definition) is 1. The summed E-state index contributed by atoms with van der Waals surface area (Å²) in [4.78, 5) is 12.4. The zero-order valence-corrected chi connectivity index (χ0v) is 6.36. The van der Waals surface area contributed by atoms with E-state index in [-0.39, 0.29) is 6.54 Å². The third kappa shape index (κ3) is 1.25. The van der Waals surface area contributed by atoms with Crippen molar-refractivity contribution < 1.29 is 9.90 Å². The zero-order valence-electron chi connectivity index (χ0n) is 6.36. The van der Waals surface area contributed by atoms with E-state index in [0.717, 1.165) is 18.9 Å². The number of aliphatic carboxylic acids is 1. The van der Waals surface area contributed by atoms with Gasteiger partial charge in [-0.25, -0.2) is 0 Å². The van der Waals surface area contributed by atoms with Crippen LogP contribution in [0.15, 0.2) is 0 Å². The fourth-order valence-electron chi connectivity index (χ4n) is 1.94. The Hall–Kier alpha value is -0.570. The Balaban J connectivity index is 1.88. The Kier molecular flexibility index (Phi) is 1.60. The fraction of sp³-hybridized carbons (Fsp3) is 0.750. The van der Waals surface area contributed by atoms with Crippen molar-refractivity contribution >= 4 is 5.97 Å². The monoisotopic (exact) mass is 154 g/mol. The molecular weight excluding hydrogens is 142 g/mol. The molecule has 0 aromatic carbocycles. The summed E-state index contributed by atoms with van der Waals surface area (Å²) in [6, 6.07) is 0.477. The van der Waals surface area contributed by atoms with Crippen LogP contribution in [0, 0.1) is 12.3 Å². The zero-order chi connectivity index (χ0) is 7.84. The van der Waals surface area contributed by atoms with Crippen molar-refractivity contribution in [1.82, 2.24) is 4.90 Å². The maximum absolute atomic E-state index is 10.4. The fourth-order valence-corrected chi connectivity index (χ4v) is 1.94. The van der Waals surface area contributed by atoms with Crippen LogP contribution in [0.25, 0.3) is 0 Å². The largest absolute Gasteiger partial charge is 0.480 e. The molecule has 2 atom stereocenters. The lowest BCUT2D eigenvalue weighted by Crippen LogP contribution is -2.53. The van der Waals surface area contributed by atoms with Crippen molar-refractivity contribution in [3.05, 3.63) is 6.42 Å². The summed E-state index contributed by atoms with van der Waals surface area (Å²) in [6.45, 7) is 1.19. The first kappa shape index (κ1) is 7.10. The van der Waals surface area contributed by atoms with E-state index in [2.05, 4.69) is 6.42 Å². The number of rotatable bonds is 2. The van der Waals surface area contributed by atoms with Crippen LogP contribution in [0.3, 0.4) is 0 Å². The second-order valence-corrected chi connectivity index (χ2v) is 3.41. The van der Waals surface area contributed by atoms with Gasteiger partial charge in [0.05, 0.1) is 6.54 Å². The molecule has 1 aliphatic carbocycles. The maximum Gasteiger partial charge on any atom is 0.317 e. The lowest BCUT2D eigenvalue weighted by molar-refractivity contribution is -0.140. The second-order valence-electron chi connectivity index (χ2n) is 3.41. The molecular formula is C8H12NO2. The lowest BCUT2D eigenvalue weighted by atomic mass is 9.73. The van der Waals surface area contributed by atoms with Gasteiger partial charge in [-0.2, -0.15) is 0 Å². The van der Waals surface area contributed by atoms with Crippen LogP contribution >= 0.6 is 0 Å². The van der Waals surface area contributed by atoms with Crippen LogP contribution in [0.2, 0.25) is 0 Å². The van der Waals surface area contributed by atoms with Crippen LogP contribution in [-0.2, 0) is 4.79 Å². The molecule has 2 unspecified atom stereocenters. The highest BCUT2D eigenvalue weighted by molar-refractivity contribution is 5.69. The molecule has 61 valence electrons. The first-order valence-electron chi connectivity index (χ1n) is 4.06. The molecule has 11 heavy (non-hydrogen) atoms. The molecule has 3 fully saturated rings. The van der Waals surface area contributed by atoms with Gasteiger partial charge in [0.2, 0.25) is 0 Å². The van der Waals surface area contributed by atoms with Crippen LogP contribution in [0.5, 0.6) is 0 Å². The normalized spacial score (nSPS) is 36.4. The summed E-state index contributed by atoms with van der Waals surface area (Å²) >= 11 is 0. The van der Waals surface area contributed by atoms with Gasteiger partial charge >= 0.3 is 5.97 Å². The van der Waals surface area contributed by atoms with E-state index in [0.29, 0.717) is 6.04 Å². The quantitative estimate of drug-likeness (QED) is 0.624. The SMILES string of the molecule is O=C(O)CN1CCC2[CH]C1C2. The van der Waals surface area contributed by atoms with Crippen molar-refractivity contribution in [1.29, 1.82) is 0 Å². The number of fused-ring (bicyclic) bond motifs is 2. The smallest absolute Gasteiger partial charge is 0.317 e. The molecule has 3 nitrogen and oxygen atoms in total. The second kappa shape index (κ2) is 2.48. The Morgan fingerprint density at radius 2 is 2.45 bits per heavy atom. The van der Waals surface area contributed by atoms with Crippen LogP contribution in [0.4, 0.5) is 0 Å². The highest BCUT2D eigenvalue weighted by atomic mass is 16.4. The third-order valence-corrected chi connectivity index (χ3v) is 2.63. The number of carboxylic acid groups (broad SMARTS) is 1. The maximum atomic E-state index is 10.4.